The fraction of sp³-hybridized carbons (Fsp3) is 0.259. The van der Waals surface area contributed by atoms with Crippen molar-refractivity contribution in [2.45, 2.75) is 25.4 Å². The smallest absolute Gasteiger partial charge is 0.369 e. The quantitative estimate of drug-likeness (QED) is 0.514. The van der Waals surface area contributed by atoms with Gasteiger partial charge in [0, 0.05) is 25.1 Å². The minimum absolute atomic E-state index is 0.00724. The van der Waals surface area contributed by atoms with Crippen LogP contribution in [0.5, 0.6) is 0 Å². The standard InChI is InChI=1S/C27H24F3N5O3/c28-27(29,30)18-8-4-7-17(13-18)19-9-11-26(24(31)36,21-15-35(25(32)37)12-10-20(19)21)14-22-33-23(38-34-22)16-5-2-1-3-6-16/h1-9,13H,10-12,14-15H2,(H2,31,36)(H2,32,37). The van der Waals surface area contributed by atoms with Crippen molar-refractivity contribution in [3.63, 3.8) is 0 Å². The summed E-state index contributed by atoms with van der Waals surface area (Å²) in [5.74, 6) is -0.156. The third-order valence-electron chi connectivity index (χ3n) is 7.14. The third-order valence-corrected chi connectivity index (χ3v) is 7.14. The van der Waals surface area contributed by atoms with Gasteiger partial charge < -0.3 is 20.9 Å². The van der Waals surface area contributed by atoms with Crippen molar-refractivity contribution < 1.29 is 27.3 Å². The molecule has 1 unspecified atom stereocenters. The van der Waals surface area contributed by atoms with Gasteiger partial charge in [-0.1, -0.05) is 41.6 Å². The van der Waals surface area contributed by atoms with Crippen molar-refractivity contribution >= 4 is 17.5 Å². The maximum atomic E-state index is 13.4. The molecule has 5 rings (SSSR count). The third kappa shape index (κ3) is 4.55. The summed E-state index contributed by atoms with van der Waals surface area (Å²) in [6.07, 6.45) is -2.43. The zero-order valence-corrected chi connectivity index (χ0v) is 20.2. The summed E-state index contributed by atoms with van der Waals surface area (Å²) < 4.78 is 45.7. The van der Waals surface area contributed by atoms with Gasteiger partial charge >= 0.3 is 12.2 Å². The first kappa shape index (κ1) is 25.2. The fourth-order valence-electron chi connectivity index (χ4n) is 5.18. The molecule has 38 heavy (non-hydrogen) atoms. The number of carbonyl (C=O) groups is 2. The molecule has 0 radical (unpaired) electrons. The number of aromatic nitrogens is 2. The van der Waals surface area contributed by atoms with Gasteiger partial charge in [-0.25, -0.2) is 4.79 Å². The van der Waals surface area contributed by atoms with E-state index in [1.165, 1.54) is 11.0 Å². The average Bonchev–Trinajstić information content (AvgIpc) is 3.37. The van der Waals surface area contributed by atoms with Crippen LogP contribution in [0.25, 0.3) is 17.0 Å². The van der Waals surface area contributed by atoms with Gasteiger partial charge in [-0.2, -0.15) is 18.2 Å². The molecule has 1 aromatic heterocycles. The lowest BCUT2D eigenvalue weighted by molar-refractivity contribution is -0.137. The molecule has 1 aliphatic carbocycles. The van der Waals surface area contributed by atoms with E-state index in [-0.39, 0.29) is 44.1 Å². The number of carbonyl (C=O) groups excluding carboxylic acids is 2. The Hall–Kier alpha value is -4.41. The molecule has 3 aromatic rings. The molecule has 2 aliphatic rings. The summed E-state index contributed by atoms with van der Waals surface area (Å²) in [5, 5.41) is 4.05. The summed E-state index contributed by atoms with van der Waals surface area (Å²) in [7, 11) is 0. The van der Waals surface area contributed by atoms with Crippen molar-refractivity contribution in [2.75, 3.05) is 13.1 Å². The Morgan fingerprint density at radius 1 is 1.05 bits per heavy atom. The first-order valence-electron chi connectivity index (χ1n) is 11.9. The van der Waals surface area contributed by atoms with Gasteiger partial charge in [0.1, 0.15) is 0 Å². The summed E-state index contributed by atoms with van der Waals surface area (Å²) in [6.45, 7) is 0.257. The average molecular weight is 524 g/mol. The largest absolute Gasteiger partial charge is 0.416 e. The van der Waals surface area contributed by atoms with Crippen molar-refractivity contribution in [1.82, 2.24) is 15.0 Å². The van der Waals surface area contributed by atoms with Crippen LogP contribution >= 0.6 is 0 Å². The predicted octanol–water partition coefficient (Wildman–Crippen LogP) is 4.34. The maximum absolute atomic E-state index is 13.4. The number of nitrogens with zero attached hydrogens (tertiary/aromatic N) is 3. The molecule has 11 heteroatoms. The Balaban J connectivity index is 1.58. The summed E-state index contributed by atoms with van der Waals surface area (Å²) in [6, 6.07) is 13.5. The van der Waals surface area contributed by atoms with E-state index < -0.39 is 29.1 Å². The van der Waals surface area contributed by atoms with E-state index in [2.05, 4.69) is 10.1 Å². The lowest BCUT2D eigenvalue weighted by atomic mass is 9.65. The van der Waals surface area contributed by atoms with Crippen molar-refractivity contribution in [1.29, 1.82) is 0 Å². The molecule has 0 bridgehead atoms. The molecular weight excluding hydrogens is 499 g/mol. The van der Waals surface area contributed by atoms with Crippen LogP contribution in [0.3, 0.4) is 0 Å². The lowest BCUT2D eigenvalue weighted by Crippen LogP contribution is -2.50. The number of nitrogens with two attached hydrogens (primary N) is 2. The van der Waals surface area contributed by atoms with Gasteiger partial charge in [0.15, 0.2) is 5.82 Å². The Morgan fingerprint density at radius 3 is 2.47 bits per heavy atom. The minimum Gasteiger partial charge on any atom is -0.369 e. The number of hydrogen-bond donors (Lipinski definition) is 2. The first-order valence-corrected chi connectivity index (χ1v) is 11.9. The normalized spacial score (nSPS) is 19.7. The number of amides is 3. The Bertz CT molecular complexity index is 1460. The summed E-state index contributed by atoms with van der Waals surface area (Å²) >= 11 is 0. The minimum atomic E-state index is -4.51. The Morgan fingerprint density at radius 2 is 1.79 bits per heavy atom. The molecule has 3 amide bonds. The van der Waals surface area contributed by atoms with Crippen LogP contribution in [-0.4, -0.2) is 40.1 Å². The van der Waals surface area contributed by atoms with E-state index in [9.17, 15) is 22.8 Å². The molecule has 0 spiro atoms. The Kier molecular flexibility index (Phi) is 6.29. The molecule has 196 valence electrons. The van der Waals surface area contributed by atoms with Crippen molar-refractivity contribution in [3.8, 4) is 11.5 Å². The highest BCUT2D eigenvalue weighted by Gasteiger charge is 2.47. The zero-order valence-electron chi connectivity index (χ0n) is 20.2. The number of rotatable bonds is 5. The van der Waals surface area contributed by atoms with Gasteiger partial charge in [-0.05, 0) is 59.4 Å². The van der Waals surface area contributed by atoms with Crippen molar-refractivity contribution in [2.24, 2.45) is 16.9 Å². The van der Waals surface area contributed by atoms with Crippen LogP contribution in [0, 0.1) is 5.41 Å². The number of halogens is 3. The first-order chi connectivity index (χ1) is 18.1. The summed E-state index contributed by atoms with van der Waals surface area (Å²) in [5.41, 5.74) is 12.3. The number of benzene rings is 2. The van der Waals surface area contributed by atoms with E-state index in [1.807, 2.05) is 18.2 Å². The molecule has 8 nitrogen and oxygen atoms in total. The van der Waals surface area contributed by atoms with E-state index in [1.54, 1.807) is 24.3 Å². The van der Waals surface area contributed by atoms with Gasteiger partial charge in [0.25, 0.3) is 5.89 Å². The number of primary amides is 2. The Labute approximate surface area is 215 Å². The maximum Gasteiger partial charge on any atom is 0.416 e. The van der Waals surface area contributed by atoms with Crippen LogP contribution in [0.1, 0.15) is 29.8 Å². The van der Waals surface area contributed by atoms with Gasteiger partial charge in [-0.15, -0.1) is 0 Å². The molecule has 4 N–H and O–H groups in total. The molecule has 2 aromatic carbocycles. The molecule has 0 fully saturated rings. The van der Waals surface area contributed by atoms with E-state index >= 15 is 0 Å². The molecule has 0 saturated carbocycles. The zero-order chi connectivity index (χ0) is 27.1. The number of hydrogen-bond acceptors (Lipinski definition) is 5. The summed E-state index contributed by atoms with van der Waals surface area (Å²) in [4.78, 5) is 31.0. The highest BCUT2D eigenvalue weighted by atomic mass is 19.4. The number of alkyl halides is 3. The van der Waals surface area contributed by atoms with Crippen LogP contribution in [0.4, 0.5) is 18.0 Å². The van der Waals surface area contributed by atoms with Gasteiger partial charge in [0.05, 0.1) is 11.0 Å². The fourth-order valence-corrected chi connectivity index (χ4v) is 5.18. The van der Waals surface area contributed by atoms with Crippen LogP contribution in [0.2, 0.25) is 0 Å². The second kappa shape index (κ2) is 9.47. The van der Waals surface area contributed by atoms with Crippen LogP contribution in [0.15, 0.2) is 76.3 Å². The second-order valence-corrected chi connectivity index (χ2v) is 9.37. The van der Waals surface area contributed by atoms with Gasteiger partial charge in [0.2, 0.25) is 5.91 Å². The van der Waals surface area contributed by atoms with Crippen LogP contribution in [-0.2, 0) is 17.4 Å². The van der Waals surface area contributed by atoms with Gasteiger partial charge in [-0.3, -0.25) is 4.79 Å². The SMILES string of the molecule is NC(=O)N1CCC2=C(C1)C(Cc1noc(-c3ccccc3)n1)(C(N)=O)CC=C2c1cccc(C(F)(F)F)c1. The highest BCUT2D eigenvalue weighted by molar-refractivity contribution is 5.92. The molecule has 1 atom stereocenters. The molecule has 0 saturated heterocycles. The predicted molar refractivity (Wildman–Crippen MR) is 132 cm³/mol. The van der Waals surface area contributed by atoms with Crippen LogP contribution < -0.4 is 11.5 Å². The lowest BCUT2D eigenvalue weighted by Gasteiger charge is -2.42. The van der Waals surface area contributed by atoms with Crippen molar-refractivity contribution in [3.05, 3.63) is 88.8 Å². The number of urea groups is 1. The van der Waals surface area contributed by atoms with E-state index in [0.717, 1.165) is 12.1 Å². The highest BCUT2D eigenvalue weighted by Crippen LogP contribution is 2.48. The monoisotopic (exact) mass is 523 g/mol. The molecule has 1 aliphatic heterocycles. The molecular formula is C27H24F3N5O3. The van der Waals surface area contributed by atoms with E-state index in [0.29, 0.717) is 27.8 Å². The molecule has 2 heterocycles. The van der Waals surface area contributed by atoms with E-state index in [4.69, 9.17) is 16.0 Å². The number of allylic oxidation sites excluding steroid dienone is 2. The second-order valence-electron chi connectivity index (χ2n) is 9.37. The topological polar surface area (TPSA) is 128 Å².